The van der Waals surface area contributed by atoms with Crippen molar-refractivity contribution in [3.8, 4) is 5.69 Å². The standard InChI is InChI=1S/C16H20FN5O.ClH/c1-10(2)15-20-14(16(23)19-9-11-7-18-8-11)21-22(15)13-6-4-3-5-12(13)17;/h3-6,10-11,18H,7-9H2,1-2H3,(H,19,23);1H. The summed E-state index contributed by atoms with van der Waals surface area (Å²) in [7, 11) is 0. The fraction of sp³-hybridized carbons (Fsp3) is 0.438. The topological polar surface area (TPSA) is 71.8 Å². The highest BCUT2D eigenvalue weighted by atomic mass is 35.5. The molecule has 1 amide bonds. The lowest BCUT2D eigenvalue weighted by atomic mass is 10.0. The van der Waals surface area contributed by atoms with Crippen molar-refractivity contribution in [2.75, 3.05) is 19.6 Å². The fourth-order valence-electron chi connectivity index (χ4n) is 2.40. The van der Waals surface area contributed by atoms with Gasteiger partial charge in [-0.05, 0) is 12.1 Å². The number of carbonyl (C=O) groups excluding carboxylic acids is 1. The number of aromatic nitrogens is 3. The van der Waals surface area contributed by atoms with Gasteiger partial charge in [-0.2, -0.15) is 0 Å². The van der Waals surface area contributed by atoms with Crippen LogP contribution in [0.4, 0.5) is 4.39 Å². The third kappa shape index (κ3) is 3.73. The number of amides is 1. The van der Waals surface area contributed by atoms with Crippen LogP contribution in [0.3, 0.4) is 0 Å². The van der Waals surface area contributed by atoms with Gasteiger partial charge in [0, 0.05) is 31.5 Å². The molecule has 1 saturated heterocycles. The zero-order valence-electron chi connectivity index (χ0n) is 13.6. The molecule has 2 aromatic rings. The van der Waals surface area contributed by atoms with Gasteiger partial charge in [0.05, 0.1) is 0 Å². The van der Waals surface area contributed by atoms with Gasteiger partial charge >= 0.3 is 0 Å². The van der Waals surface area contributed by atoms with Gasteiger partial charge in [-0.25, -0.2) is 14.1 Å². The molecule has 1 aromatic heterocycles. The van der Waals surface area contributed by atoms with Crippen molar-refractivity contribution in [3.05, 3.63) is 41.7 Å². The van der Waals surface area contributed by atoms with Crippen LogP contribution >= 0.6 is 12.4 Å². The Kier molecular flexibility index (Phi) is 5.90. The maximum atomic E-state index is 14.0. The second-order valence-corrected chi connectivity index (χ2v) is 6.05. The quantitative estimate of drug-likeness (QED) is 0.861. The van der Waals surface area contributed by atoms with Crippen LogP contribution in [0.2, 0.25) is 0 Å². The summed E-state index contributed by atoms with van der Waals surface area (Å²) in [4.78, 5) is 16.5. The molecule has 24 heavy (non-hydrogen) atoms. The Bertz CT molecular complexity index is 714. The minimum Gasteiger partial charge on any atom is -0.349 e. The van der Waals surface area contributed by atoms with Gasteiger partial charge < -0.3 is 10.6 Å². The second kappa shape index (κ2) is 7.72. The van der Waals surface area contributed by atoms with Crippen molar-refractivity contribution < 1.29 is 9.18 Å². The Morgan fingerprint density at radius 1 is 1.42 bits per heavy atom. The predicted octanol–water partition coefficient (Wildman–Crippen LogP) is 1.90. The molecule has 6 nitrogen and oxygen atoms in total. The fourth-order valence-corrected chi connectivity index (χ4v) is 2.40. The van der Waals surface area contributed by atoms with Gasteiger partial charge in [0.25, 0.3) is 5.91 Å². The van der Waals surface area contributed by atoms with Crippen LogP contribution < -0.4 is 10.6 Å². The first-order valence-electron chi connectivity index (χ1n) is 7.77. The smallest absolute Gasteiger partial charge is 0.290 e. The molecule has 0 saturated carbocycles. The van der Waals surface area contributed by atoms with E-state index in [0.29, 0.717) is 24.0 Å². The Hall–Kier alpha value is -1.99. The summed E-state index contributed by atoms with van der Waals surface area (Å²) in [6.45, 7) is 6.28. The molecular weight excluding hydrogens is 333 g/mol. The number of rotatable bonds is 5. The highest BCUT2D eigenvalue weighted by Crippen LogP contribution is 2.19. The van der Waals surface area contributed by atoms with E-state index in [0.717, 1.165) is 13.1 Å². The summed E-state index contributed by atoms with van der Waals surface area (Å²) < 4.78 is 15.5. The second-order valence-electron chi connectivity index (χ2n) is 6.05. The largest absolute Gasteiger partial charge is 0.349 e. The molecule has 8 heteroatoms. The van der Waals surface area contributed by atoms with E-state index in [4.69, 9.17) is 0 Å². The maximum Gasteiger partial charge on any atom is 0.290 e. The number of hydrogen-bond donors (Lipinski definition) is 2. The summed E-state index contributed by atoms with van der Waals surface area (Å²) in [6.07, 6.45) is 0. The van der Waals surface area contributed by atoms with E-state index in [1.165, 1.54) is 10.7 Å². The Morgan fingerprint density at radius 2 is 2.12 bits per heavy atom. The van der Waals surface area contributed by atoms with Crippen LogP contribution in [-0.4, -0.2) is 40.3 Å². The molecule has 130 valence electrons. The van der Waals surface area contributed by atoms with E-state index in [2.05, 4.69) is 20.7 Å². The molecule has 1 aliphatic rings. The summed E-state index contributed by atoms with van der Waals surface area (Å²) in [5, 5.41) is 10.2. The normalized spacial score (nSPS) is 14.2. The van der Waals surface area contributed by atoms with E-state index < -0.39 is 5.82 Å². The van der Waals surface area contributed by atoms with Crippen molar-refractivity contribution in [3.63, 3.8) is 0 Å². The average Bonchev–Trinajstić information content (AvgIpc) is 2.91. The molecule has 0 bridgehead atoms. The lowest BCUT2D eigenvalue weighted by Crippen LogP contribution is -2.48. The van der Waals surface area contributed by atoms with Crippen LogP contribution in [0.15, 0.2) is 24.3 Å². The van der Waals surface area contributed by atoms with Crippen molar-refractivity contribution in [2.24, 2.45) is 5.92 Å². The third-order valence-electron chi connectivity index (χ3n) is 3.85. The minimum atomic E-state index is -0.396. The number of carbonyl (C=O) groups is 1. The van der Waals surface area contributed by atoms with Gasteiger partial charge in [0.1, 0.15) is 17.3 Å². The molecule has 0 radical (unpaired) electrons. The zero-order chi connectivity index (χ0) is 16.4. The molecule has 1 fully saturated rings. The van der Waals surface area contributed by atoms with E-state index in [9.17, 15) is 9.18 Å². The van der Waals surface area contributed by atoms with E-state index in [1.54, 1.807) is 18.2 Å². The first-order valence-corrected chi connectivity index (χ1v) is 7.77. The molecule has 2 N–H and O–H groups in total. The minimum absolute atomic E-state index is 0. The summed E-state index contributed by atoms with van der Waals surface area (Å²) in [5.74, 6) is 0.382. The molecule has 3 rings (SSSR count). The first kappa shape index (κ1) is 18.4. The number of nitrogens with one attached hydrogen (secondary N) is 2. The van der Waals surface area contributed by atoms with Gasteiger partial charge in [-0.3, -0.25) is 4.79 Å². The van der Waals surface area contributed by atoms with Crippen LogP contribution in [0.1, 0.15) is 36.2 Å². The Morgan fingerprint density at radius 3 is 2.71 bits per heavy atom. The highest BCUT2D eigenvalue weighted by Gasteiger charge is 2.22. The molecule has 0 unspecified atom stereocenters. The number of para-hydroxylation sites is 1. The molecule has 0 spiro atoms. The number of nitrogens with zero attached hydrogens (tertiary/aromatic N) is 3. The molecule has 0 atom stereocenters. The van der Waals surface area contributed by atoms with Crippen molar-refractivity contribution in [2.45, 2.75) is 19.8 Å². The zero-order valence-corrected chi connectivity index (χ0v) is 14.4. The van der Waals surface area contributed by atoms with Crippen molar-refractivity contribution in [1.82, 2.24) is 25.4 Å². The maximum absolute atomic E-state index is 14.0. The van der Waals surface area contributed by atoms with E-state index in [-0.39, 0.29) is 30.1 Å². The summed E-state index contributed by atoms with van der Waals surface area (Å²) in [5.41, 5.74) is 0.297. The number of halogens is 2. The van der Waals surface area contributed by atoms with Crippen LogP contribution in [-0.2, 0) is 0 Å². The van der Waals surface area contributed by atoms with Crippen LogP contribution in [0, 0.1) is 11.7 Å². The number of hydrogen-bond acceptors (Lipinski definition) is 4. The van der Waals surface area contributed by atoms with Crippen LogP contribution in [0.25, 0.3) is 5.69 Å². The Balaban J connectivity index is 0.00000208. The molecule has 1 aliphatic heterocycles. The van der Waals surface area contributed by atoms with Gasteiger partial charge in [-0.15, -0.1) is 17.5 Å². The van der Waals surface area contributed by atoms with Gasteiger partial charge in [-0.1, -0.05) is 26.0 Å². The number of benzene rings is 1. The first-order chi connectivity index (χ1) is 11.1. The van der Waals surface area contributed by atoms with E-state index in [1.807, 2.05) is 13.8 Å². The lowest BCUT2D eigenvalue weighted by molar-refractivity contribution is 0.0931. The predicted molar refractivity (Wildman–Crippen MR) is 91.3 cm³/mol. The van der Waals surface area contributed by atoms with Crippen molar-refractivity contribution in [1.29, 1.82) is 0 Å². The third-order valence-corrected chi connectivity index (χ3v) is 3.85. The lowest BCUT2D eigenvalue weighted by Gasteiger charge is -2.26. The highest BCUT2D eigenvalue weighted by molar-refractivity contribution is 5.90. The molecule has 1 aromatic carbocycles. The van der Waals surface area contributed by atoms with Crippen LogP contribution in [0.5, 0.6) is 0 Å². The van der Waals surface area contributed by atoms with Crippen molar-refractivity contribution >= 4 is 18.3 Å². The summed E-state index contributed by atoms with van der Waals surface area (Å²) in [6, 6.07) is 6.33. The van der Waals surface area contributed by atoms with Gasteiger partial charge in [0.2, 0.25) is 5.82 Å². The monoisotopic (exact) mass is 353 g/mol. The average molecular weight is 354 g/mol. The SMILES string of the molecule is CC(C)c1nc(C(=O)NCC2CNC2)nn1-c1ccccc1F.Cl. The Labute approximate surface area is 146 Å². The molecule has 0 aliphatic carbocycles. The molecule has 2 heterocycles. The molecular formula is C16H21ClFN5O. The summed E-state index contributed by atoms with van der Waals surface area (Å²) >= 11 is 0. The van der Waals surface area contributed by atoms with E-state index >= 15 is 0 Å². The van der Waals surface area contributed by atoms with Gasteiger partial charge in [0.15, 0.2) is 0 Å².